The standard InChI is InChI=1S/C27H36N3O9P/c1-3-10-19-16-30(27(34)28-25(19)32)24-15-22(31)23(38-24)17-36-40(35,39-21-13-8-5-9-14-21)29-18(2)26(33)37-20-11-6-4-7-12-20/h3,5,8-10,13-14,16,18,20,22-24,31H,4,6-7,11-12,15,17H2,1-2H3,(H,29,35)(H,28,32,34)/b10-3+/t18-,22?,23?,24?,40?/m0/s1. The van der Waals surface area contributed by atoms with E-state index in [0.717, 1.165) is 32.1 Å². The summed E-state index contributed by atoms with van der Waals surface area (Å²) < 4.78 is 37.8. The molecule has 5 atom stereocenters. The van der Waals surface area contributed by atoms with Crippen LogP contribution in [0.3, 0.4) is 0 Å². The third-order valence-corrected chi connectivity index (χ3v) is 8.42. The van der Waals surface area contributed by atoms with Gasteiger partial charge in [-0.1, -0.05) is 36.8 Å². The van der Waals surface area contributed by atoms with Crippen molar-refractivity contribution in [2.45, 2.75) is 83.0 Å². The average Bonchev–Trinajstić information content (AvgIpc) is 3.30. The smallest absolute Gasteiger partial charge is 0.459 e. The number of hydrogen-bond donors (Lipinski definition) is 3. The average molecular weight is 578 g/mol. The van der Waals surface area contributed by atoms with Crippen molar-refractivity contribution in [2.24, 2.45) is 0 Å². The molecule has 2 aromatic rings. The summed E-state index contributed by atoms with van der Waals surface area (Å²) >= 11 is 0. The van der Waals surface area contributed by atoms with Gasteiger partial charge in [0.15, 0.2) is 0 Å². The van der Waals surface area contributed by atoms with Crippen molar-refractivity contribution in [3.05, 3.63) is 69.0 Å². The largest absolute Gasteiger partial charge is 0.461 e. The van der Waals surface area contributed by atoms with Gasteiger partial charge in [-0.2, -0.15) is 5.09 Å². The number of aromatic amines is 1. The Bertz CT molecular complexity index is 1340. The predicted octanol–water partition coefficient (Wildman–Crippen LogP) is 3.28. The number of rotatable bonds is 11. The fourth-order valence-corrected chi connectivity index (χ4v) is 6.17. The normalized spacial score (nSPS) is 24.0. The Morgan fingerprint density at radius 1 is 1.25 bits per heavy atom. The van der Waals surface area contributed by atoms with Gasteiger partial charge in [0.05, 0.1) is 18.3 Å². The summed E-state index contributed by atoms with van der Waals surface area (Å²) in [5, 5.41) is 13.3. The van der Waals surface area contributed by atoms with Gasteiger partial charge in [-0.25, -0.2) is 9.36 Å². The highest BCUT2D eigenvalue weighted by atomic mass is 31.2. The molecule has 0 amide bonds. The molecule has 1 saturated heterocycles. The summed E-state index contributed by atoms with van der Waals surface area (Å²) in [4.78, 5) is 39.4. The van der Waals surface area contributed by atoms with Crippen LogP contribution >= 0.6 is 7.75 Å². The van der Waals surface area contributed by atoms with Gasteiger partial charge in [-0.05, 0) is 51.7 Å². The summed E-state index contributed by atoms with van der Waals surface area (Å²) in [5.41, 5.74) is -0.986. The number of carbonyl (C=O) groups excluding carboxylic acids is 1. The molecule has 0 radical (unpaired) electrons. The van der Waals surface area contributed by atoms with Crippen molar-refractivity contribution in [1.82, 2.24) is 14.6 Å². The number of H-pyrrole nitrogens is 1. The summed E-state index contributed by atoms with van der Waals surface area (Å²) in [6.45, 7) is 2.87. The zero-order valence-electron chi connectivity index (χ0n) is 22.6. The molecule has 1 aliphatic carbocycles. The number of aliphatic hydroxyl groups is 1. The Morgan fingerprint density at radius 3 is 2.67 bits per heavy atom. The first-order chi connectivity index (χ1) is 19.2. The lowest BCUT2D eigenvalue weighted by Gasteiger charge is -2.27. The molecule has 1 aromatic heterocycles. The summed E-state index contributed by atoms with van der Waals surface area (Å²) in [5.74, 6) is -0.327. The van der Waals surface area contributed by atoms with Crippen molar-refractivity contribution in [1.29, 1.82) is 0 Å². The van der Waals surface area contributed by atoms with Crippen molar-refractivity contribution in [3.8, 4) is 5.75 Å². The van der Waals surface area contributed by atoms with Crippen LogP contribution in [0.2, 0.25) is 0 Å². The van der Waals surface area contributed by atoms with Gasteiger partial charge in [-0.3, -0.25) is 23.7 Å². The highest BCUT2D eigenvalue weighted by molar-refractivity contribution is 7.52. The molecule has 3 N–H and O–H groups in total. The van der Waals surface area contributed by atoms with Crippen LogP contribution in [0.15, 0.2) is 52.2 Å². The Hall–Kier alpha value is -3.02. The molecule has 1 saturated carbocycles. The fraction of sp³-hybridized carbons (Fsp3) is 0.519. The Labute approximate surface area is 231 Å². The second kappa shape index (κ2) is 13.6. The summed E-state index contributed by atoms with van der Waals surface area (Å²) in [6, 6.07) is 7.31. The van der Waals surface area contributed by atoms with Crippen molar-refractivity contribution in [3.63, 3.8) is 0 Å². The number of nitrogens with zero attached hydrogens (tertiary/aromatic N) is 1. The van der Waals surface area contributed by atoms with E-state index in [4.69, 9.17) is 18.5 Å². The number of hydrogen-bond acceptors (Lipinski definition) is 9. The van der Waals surface area contributed by atoms with E-state index in [9.17, 15) is 24.1 Å². The molecular formula is C27H36N3O9P. The number of ether oxygens (including phenoxy) is 2. The molecule has 2 heterocycles. The summed E-state index contributed by atoms with van der Waals surface area (Å²) in [6.07, 6.45) is 6.13. The maximum Gasteiger partial charge on any atom is 0.459 e. The van der Waals surface area contributed by atoms with Crippen LogP contribution in [0.1, 0.15) is 64.2 Å². The molecule has 218 valence electrons. The Balaban J connectivity index is 1.45. The van der Waals surface area contributed by atoms with Gasteiger partial charge >= 0.3 is 19.4 Å². The number of allylic oxidation sites excluding steroid dienone is 1. The first kappa shape index (κ1) is 30.0. The predicted molar refractivity (Wildman–Crippen MR) is 147 cm³/mol. The van der Waals surface area contributed by atoms with E-state index in [1.54, 1.807) is 49.4 Å². The Morgan fingerprint density at radius 2 is 1.98 bits per heavy atom. The van der Waals surface area contributed by atoms with Gasteiger partial charge < -0.3 is 19.1 Å². The lowest BCUT2D eigenvalue weighted by molar-refractivity contribution is -0.152. The van der Waals surface area contributed by atoms with Crippen LogP contribution in [0.25, 0.3) is 6.08 Å². The lowest BCUT2D eigenvalue weighted by Crippen LogP contribution is -2.38. The lowest BCUT2D eigenvalue weighted by atomic mass is 9.98. The van der Waals surface area contributed by atoms with E-state index in [1.165, 1.54) is 17.7 Å². The zero-order valence-corrected chi connectivity index (χ0v) is 23.5. The SMILES string of the molecule is C/C=C/c1cn(C2CC(O)C(COP(=O)(N[C@@H](C)C(=O)OC3CCCCC3)Oc3ccccc3)O2)c(=O)[nH]c1=O. The highest BCUT2D eigenvalue weighted by Gasteiger charge is 2.40. The number of nitrogens with one attached hydrogen (secondary N) is 2. The van der Waals surface area contributed by atoms with E-state index in [-0.39, 0.29) is 30.4 Å². The fourth-order valence-electron chi connectivity index (χ4n) is 4.67. The molecule has 4 unspecified atom stereocenters. The van der Waals surface area contributed by atoms with Gasteiger partial charge in [0.1, 0.15) is 30.2 Å². The molecule has 2 aliphatic rings. The molecule has 2 fully saturated rings. The van der Waals surface area contributed by atoms with E-state index < -0.39 is 49.4 Å². The topological polar surface area (TPSA) is 158 Å². The second-order valence-electron chi connectivity index (χ2n) is 9.93. The van der Waals surface area contributed by atoms with Gasteiger partial charge in [0.2, 0.25) is 0 Å². The van der Waals surface area contributed by atoms with Crippen LogP contribution in [0, 0.1) is 0 Å². The van der Waals surface area contributed by atoms with E-state index in [0.29, 0.717) is 0 Å². The second-order valence-corrected chi connectivity index (χ2v) is 11.6. The third kappa shape index (κ3) is 7.80. The number of para-hydroxylation sites is 1. The molecule has 0 bridgehead atoms. The van der Waals surface area contributed by atoms with Crippen LogP contribution in [0.4, 0.5) is 0 Å². The zero-order chi connectivity index (χ0) is 28.7. The van der Waals surface area contributed by atoms with Crippen LogP contribution in [-0.2, 0) is 23.4 Å². The molecular weight excluding hydrogens is 541 g/mol. The highest BCUT2D eigenvalue weighted by Crippen LogP contribution is 2.46. The van der Waals surface area contributed by atoms with Crippen LogP contribution in [-0.4, -0.2) is 51.6 Å². The number of aromatic nitrogens is 2. The maximum absolute atomic E-state index is 13.8. The van der Waals surface area contributed by atoms with Gasteiger partial charge in [0.25, 0.3) is 5.56 Å². The minimum atomic E-state index is -4.18. The van der Waals surface area contributed by atoms with E-state index in [1.807, 2.05) is 0 Å². The number of aliphatic hydroxyl groups excluding tert-OH is 1. The monoisotopic (exact) mass is 577 g/mol. The maximum atomic E-state index is 13.8. The van der Waals surface area contributed by atoms with Crippen molar-refractivity contribution in [2.75, 3.05) is 6.61 Å². The molecule has 40 heavy (non-hydrogen) atoms. The van der Waals surface area contributed by atoms with Crippen molar-refractivity contribution < 1.29 is 33.0 Å². The minimum Gasteiger partial charge on any atom is -0.461 e. The minimum absolute atomic E-state index is 0.0245. The van der Waals surface area contributed by atoms with Crippen molar-refractivity contribution >= 4 is 19.8 Å². The number of esters is 1. The molecule has 0 spiro atoms. The van der Waals surface area contributed by atoms with Crippen LogP contribution < -0.4 is 20.9 Å². The number of carbonyl (C=O) groups is 1. The first-order valence-corrected chi connectivity index (χ1v) is 15.0. The van der Waals surface area contributed by atoms with Gasteiger partial charge in [0, 0.05) is 12.6 Å². The molecule has 1 aliphatic heterocycles. The quantitative estimate of drug-likeness (QED) is 0.267. The van der Waals surface area contributed by atoms with E-state index in [2.05, 4.69) is 10.1 Å². The third-order valence-electron chi connectivity index (χ3n) is 6.77. The van der Waals surface area contributed by atoms with Crippen LogP contribution in [0.5, 0.6) is 5.75 Å². The molecule has 4 rings (SSSR count). The molecule has 13 heteroatoms. The number of benzene rings is 1. The van der Waals surface area contributed by atoms with Gasteiger partial charge in [-0.15, -0.1) is 0 Å². The molecule has 12 nitrogen and oxygen atoms in total. The summed E-state index contributed by atoms with van der Waals surface area (Å²) in [7, 11) is -4.18. The first-order valence-electron chi connectivity index (χ1n) is 13.5. The van der Waals surface area contributed by atoms with E-state index >= 15 is 0 Å². The Kier molecular flexibility index (Phi) is 10.2. The molecule has 1 aromatic carbocycles.